The van der Waals surface area contributed by atoms with Gasteiger partial charge in [0.15, 0.2) is 0 Å². The number of carbonyl (C=O) groups is 1. The normalized spacial score (nSPS) is 11.7. The number of esters is 1. The molecule has 0 aromatic rings. The monoisotopic (exact) mass is 155 g/mol. The van der Waals surface area contributed by atoms with Crippen LogP contribution in [0, 0.1) is 17.2 Å². The Morgan fingerprint density at radius 2 is 2.27 bits per heavy atom. The van der Waals surface area contributed by atoms with E-state index in [0.29, 0.717) is 13.0 Å². The average molecular weight is 155 g/mol. The van der Waals surface area contributed by atoms with Crippen molar-refractivity contribution in [3.63, 3.8) is 0 Å². The smallest absolute Gasteiger partial charge is 0.307 e. The SMILES string of the molecule is CCOC(=O)C[C@H](C#N)CC. The minimum Gasteiger partial charge on any atom is -0.466 e. The van der Waals surface area contributed by atoms with Gasteiger partial charge in [-0.05, 0) is 13.3 Å². The fourth-order valence-electron chi connectivity index (χ4n) is 0.702. The predicted molar refractivity (Wildman–Crippen MR) is 40.6 cm³/mol. The van der Waals surface area contributed by atoms with E-state index in [1.165, 1.54) is 0 Å². The van der Waals surface area contributed by atoms with Gasteiger partial charge in [-0.15, -0.1) is 0 Å². The number of nitriles is 1. The van der Waals surface area contributed by atoms with Crippen molar-refractivity contribution >= 4 is 5.97 Å². The molecule has 3 heteroatoms. The Balaban J connectivity index is 3.65. The quantitative estimate of drug-likeness (QED) is 0.578. The Labute approximate surface area is 67.0 Å². The molecule has 62 valence electrons. The Kier molecular flexibility index (Phi) is 5.18. The summed E-state index contributed by atoms with van der Waals surface area (Å²) in [7, 11) is 0. The third-order valence-corrected chi connectivity index (χ3v) is 1.39. The fraction of sp³-hybridized carbons (Fsp3) is 0.750. The zero-order valence-corrected chi connectivity index (χ0v) is 6.96. The highest BCUT2D eigenvalue weighted by atomic mass is 16.5. The van der Waals surface area contributed by atoms with E-state index in [-0.39, 0.29) is 18.3 Å². The van der Waals surface area contributed by atoms with Gasteiger partial charge in [0.1, 0.15) is 0 Å². The molecule has 0 unspecified atom stereocenters. The topological polar surface area (TPSA) is 50.1 Å². The lowest BCUT2D eigenvalue weighted by Crippen LogP contribution is -2.09. The molecule has 0 saturated carbocycles. The van der Waals surface area contributed by atoms with Crippen LogP contribution in [0.4, 0.5) is 0 Å². The van der Waals surface area contributed by atoms with Crippen LogP contribution in [0.3, 0.4) is 0 Å². The van der Waals surface area contributed by atoms with Crippen molar-refractivity contribution in [2.24, 2.45) is 5.92 Å². The van der Waals surface area contributed by atoms with Gasteiger partial charge in [-0.3, -0.25) is 4.79 Å². The summed E-state index contributed by atoms with van der Waals surface area (Å²) in [6, 6.07) is 2.04. The zero-order chi connectivity index (χ0) is 8.69. The van der Waals surface area contributed by atoms with Gasteiger partial charge < -0.3 is 4.74 Å². The van der Waals surface area contributed by atoms with Crippen LogP contribution >= 0.6 is 0 Å². The fourth-order valence-corrected chi connectivity index (χ4v) is 0.702. The van der Waals surface area contributed by atoms with Gasteiger partial charge in [-0.25, -0.2) is 0 Å². The Hall–Kier alpha value is -1.04. The second-order valence-electron chi connectivity index (χ2n) is 2.24. The zero-order valence-electron chi connectivity index (χ0n) is 6.96. The van der Waals surface area contributed by atoms with Crippen molar-refractivity contribution in [1.82, 2.24) is 0 Å². The van der Waals surface area contributed by atoms with Gasteiger partial charge in [0.05, 0.1) is 25.0 Å². The van der Waals surface area contributed by atoms with Crippen LogP contribution in [-0.4, -0.2) is 12.6 Å². The third kappa shape index (κ3) is 4.38. The van der Waals surface area contributed by atoms with E-state index in [2.05, 4.69) is 4.74 Å². The Bertz CT molecular complexity index is 160. The summed E-state index contributed by atoms with van der Waals surface area (Å²) >= 11 is 0. The molecule has 1 atom stereocenters. The molecule has 0 spiro atoms. The van der Waals surface area contributed by atoms with Crippen molar-refractivity contribution in [3.8, 4) is 6.07 Å². The molecule has 11 heavy (non-hydrogen) atoms. The molecule has 0 bridgehead atoms. The summed E-state index contributed by atoms with van der Waals surface area (Å²) in [4.78, 5) is 10.8. The second-order valence-corrected chi connectivity index (χ2v) is 2.24. The molecule has 0 aromatic heterocycles. The van der Waals surface area contributed by atoms with Gasteiger partial charge in [-0.2, -0.15) is 5.26 Å². The van der Waals surface area contributed by atoms with Crippen molar-refractivity contribution in [2.45, 2.75) is 26.7 Å². The number of carbonyl (C=O) groups excluding carboxylic acids is 1. The van der Waals surface area contributed by atoms with Gasteiger partial charge in [0.2, 0.25) is 0 Å². The molecule has 0 aliphatic carbocycles. The van der Waals surface area contributed by atoms with E-state index in [0.717, 1.165) is 0 Å². The molecule has 3 nitrogen and oxygen atoms in total. The predicted octanol–water partition coefficient (Wildman–Crippen LogP) is 1.49. The number of hydrogen-bond donors (Lipinski definition) is 0. The summed E-state index contributed by atoms with van der Waals surface area (Å²) in [5, 5.41) is 8.49. The molecular weight excluding hydrogens is 142 g/mol. The van der Waals surface area contributed by atoms with Crippen molar-refractivity contribution in [3.05, 3.63) is 0 Å². The van der Waals surface area contributed by atoms with Gasteiger partial charge in [-0.1, -0.05) is 6.92 Å². The first kappa shape index (κ1) is 9.96. The first-order valence-electron chi connectivity index (χ1n) is 3.79. The number of nitrogens with zero attached hydrogens (tertiary/aromatic N) is 1. The Morgan fingerprint density at radius 3 is 2.64 bits per heavy atom. The van der Waals surface area contributed by atoms with Crippen molar-refractivity contribution in [1.29, 1.82) is 5.26 Å². The van der Waals surface area contributed by atoms with Crippen LogP contribution in [0.15, 0.2) is 0 Å². The highest BCUT2D eigenvalue weighted by Gasteiger charge is 2.10. The summed E-state index contributed by atoms with van der Waals surface area (Å²) in [5.74, 6) is -0.463. The summed E-state index contributed by atoms with van der Waals surface area (Å²) in [6.07, 6.45) is 0.927. The third-order valence-electron chi connectivity index (χ3n) is 1.39. The lowest BCUT2D eigenvalue weighted by molar-refractivity contribution is -0.143. The van der Waals surface area contributed by atoms with E-state index in [1.54, 1.807) is 6.92 Å². The lowest BCUT2D eigenvalue weighted by Gasteiger charge is -2.03. The molecule has 0 radical (unpaired) electrons. The van der Waals surface area contributed by atoms with E-state index in [9.17, 15) is 4.79 Å². The summed E-state index contributed by atoms with van der Waals surface area (Å²) in [5.41, 5.74) is 0. The van der Waals surface area contributed by atoms with E-state index < -0.39 is 0 Å². The molecular formula is C8H13NO2. The number of rotatable bonds is 4. The second kappa shape index (κ2) is 5.72. The average Bonchev–Trinajstić information content (AvgIpc) is 2.01. The summed E-state index contributed by atoms with van der Waals surface area (Å²) in [6.45, 7) is 4.03. The molecule has 0 heterocycles. The highest BCUT2D eigenvalue weighted by Crippen LogP contribution is 2.06. The van der Waals surface area contributed by atoms with E-state index in [4.69, 9.17) is 5.26 Å². The van der Waals surface area contributed by atoms with Gasteiger partial charge in [0, 0.05) is 0 Å². The van der Waals surface area contributed by atoms with Crippen LogP contribution in [0.25, 0.3) is 0 Å². The highest BCUT2D eigenvalue weighted by molar-refractivity contribution is 5.69. The minimum atomic E-state index is -0.277. The van der Waals surface area contributed by atoms with Gasteiger partial charge >= 0.3 is 5.97 Å². The molecule has 0 amide bonds. The van der Waals surface area contributed by atoms with E-state index in [1.807, 2.05) is 13.0 Å². The molecule has 0 N–H and O–H groups in total. The molecule has 0 saturated heterocycles. The maximum absolute atomic E-state index is 10.8. The number of ether oxygens (including phenoxy) is 1. The Morgan fingerprint density at radius 1 is 1.64 bits per heavy atom. The van der Waals surface area contributed by atoms with Crippen LogP contribution in [0.5, 0.6) is 0 Å². The standard InChI is InChI=1S/C8H13NO2/c1-3-7(6-9)5-8(10)11-4-2/h7H,3-5H2,1-2H3/t7-/m1/s1. The molecule has 0 aliphatic rings. The van der Waals surface area contributed by atoms with Crippen LogP contribution < -0.4 is 0 Å². The largest absolute Gasteiger partial charge is 0.466 e. The first-order chi connectivity index (χ1) is 5.24. The van der Waals surface area contributed by atoms with Crippen LogP contribution in [-0.2, 0) is 9.53 Å². The lowest BCUT2D eigenvalue weighted by atomic mass is 10.1. The van der Waals surface area contributed by atoms with Gasteiger partial charge in [0.25, 0.3) is 0 Å². The number of hydrogen-bond acceptors (Lipinski definition) is 3. The molecule has 0 rings (SSSR count). The molecule has 0 fully saturated rings. The van der Waals surface area contributed by atoms with E-state index >= 15 is 0 Å². The van der Waals surface area contributed by atoms with Crippen LogP contribution in [0.1, 0.15) is 26.7 Å². The minimum absolute atomic E-state index is 0.186. The van der Waals surface area contributed by atoms with Crippen LogP contribution in [0.2, 0.25) is 0 Å². The maximum Gasteiger partial charge on any atom is 0.307 e. The maximum atomic E-state index is 10.8. The van der Waals surface area contributed by atoms with Crippen molar-refractivity contribution in [2.75, 3.05) is 6.61 Å². The molecule has 0 aliphatic heterocycles. The molecule has 0 aromatic carbocycles. The van der Waals surface area contributed by atoms with Crippen molar-refractivity contribution < 1.29 is 9.53 Å². The first-order valence-corrected chi connectivity index (χ1v) is 3.79. The summed E-state index contributed by atoms with van der Waals surface area (Å²) < 4.78 is 4.69.